The van der Waals surface area contributed by atoms with Crippen molar-refractivity contribution < 1.29 is 4.79 Å². The van der Waals surface area contributed by atoms with Crippen molar-refractivity contribution in [1.29, 1.82) is 0 Å². The first kappa shape index (κ1) is 15.9. The minimum absolute atomic E-state index is 0.119. The molecule has 0 unspecified atom stereocenters. The van der Waals surface area contributed by atoms with Gasteiger partial charge in [-0.15, -0.1) is 0 Å². The number of nitrogens with two attached hydrogens (primary N) is 1. The van der Waals surface area contributed by atoms with E-state index in [9.17, 15) is 14.4 Å². The maximum Gasteiger partial charge on any atom is 0.325 e. The third-order valence-electron chi connectivity index (χ3n) is 2.87. The first-order valence-corrected chi connectivity index (χ1v) is 6.56. The van der Waals surface area contributed by atoms with Crippen LogP contribution in [0.15, 0.2) is 28.4 Å². The average Bonchev–Trinajstić information content (AvgIpc) is 2.43. The Kier molecular flexibility index (Phi) is 6.45. The minimum atomic E-state index is -0.604. The molecule has 0 bridgehead atoms. The topological polar surface area (TPSA) is 112 Å². The van der Waals surface area contributed by atoms with Gasteiger partial charge in [-0.2, -0.15) is 0 Å². The molecule has 0 spiro atoms. The third-order valence-corrected chi connectivity index (χ3v) is 2.87. The van der Waals surface area contributed by atoms with E-state index in [-0.39, 0.29) is 11.6 Å². The molecule has 0 atom stereocenters. The summed E-state index contributed by atoms with van der Waals surface area (Å²) in [6, 6.07) is 0. The lowest BCUT2D eigenvalue weighted by atomic mass is 10.2. The van der Waals surface area contributed by atoms with Gasteiger partial charge in [0.1, 0.15) is 5.69 Å². The molecule has 0 saturated heterocycles. The standard InChI is InChI=1S/C13H20N4O3/c1-2-11(18)17(8-6-4-3-5-7-14)10-9-15-13(20)16-12(10)19/h2,9H,1,3-8,14H2,(H2,15,16,19,20). The Morgan fingerprint density at radius 1 is 1.30 bits per heavy atom. The summed E-state index contributed by atoms with van der Waals surface area (Å²) in [6.07, 6.45) is 5.97. The Balaban J connectivity index is 2.79. The molecule has 0 aromatic carbocycles. The smallest absolute Gasteiger partial charge is 0.325 e. The molecule has 110 valence electrons. The largest absolute Gasteiger partial charge is 0.330 e. The van der Waals surface area contributed by atoms with Gasteiger partial charge in [0.05, 0.1) is 0 Å². The molecule has 1 heterocycles. The van der Waals surface area contributed by atoms with Gasteiger partial charge in [0, 0.05) is 12.7 Å². The first-order valence-electron chi connectivity index (χ1n) is 6.56. The van der Waals surface area contributed by atoms with Crippen molar-refractivity contribution in [2.24, 2.45) is 5.73 Å². The SMILES string of the molecule is C=CC(=O)N(CCCCCCN)c1c[nH]c(=O)[nH]c1=O. The summed E-state index contributed by atoms with van der Waals surface area (Å²) in [5.74, 6) is -0.374. The highest BCUT2D eigenvalue weighted by Gasteiger charge is 2.16. The number of rotatable bonds is 8. The summed E-state index contributed by atoms with van der Waals surface area (Å²) in [4.78, 5) is 40.3. The molecule has 4 N–H and O–H groups in total. The Morgan fingerprint density at radius 2 is 2.00 bits per heavy atom. The summed E-state index contributed by atoms with van der Waals surface area (Å²) in [5, 5.41) is 0. The fourth-order valence-corrected chi connectivity index (χ4v) is 1.83. The highest BCUT2D eigenvalue weighted by atomic mass is 16.2. The van der Waals surface area contributed by atoms with Crippen molar-refractivity contribution in [1.82, 2.24) is 9.97 Å². The van der Waals surface area contributed by atoms with Gasteiger partial charge in [-0.3, -0.25) is 14.6 Å². The van der Waals surface area contributed by atoms with E-state index in [4.69, 9.17) is 5.73 Å². The van der Waals surface area contributed by atoms with Crippen molar-refractivity contribution >= 4 is 11.6 Å². The van der Waals surface area contributed by atoms with Gasteiger partial charge in [0.2, 0.25) is 0 Å². The van der Waals surface area contributed by atoms with Gasteiger partial charge in [-0.25, -0.2) is 4.79 Å². The number of hydrogen-bond donors (Lipinski definition) is 3. The predicted molar refractivity (Wildman–Crippen MR) is 77.8 cm³/mol. The normalized spacial score (nSPS) is 10.2. The number of H-pyrrole nitrogens is 2. The number of unbranched alkanes of at least 4 members (excludes halogenated alkanes) is 3. The van der Waals surface area contributed by atoms with E-state index >= 15 is 0 Å². The van der Waals surface area contributed by atoms with Crippen LogP contribution in [0.5, 0.6) is 0 Å². The van der Waals surface area contributed by atoms with Gasteiger partial charge >= 0.3 is 5.69 Å². The molecule has 20 heavy (non-hydrogen) atoms. The highest BCUT2D eigenvalue weighted by molar-refractivity contribution is 6.00. The zero-order chi connectivity index (χ0) is 15.0. The second-order valence-corrected chi connectivity index (χ2v) is 4.35. The highest BCUT2D eigenvalue weighted by Crippen LogP contribution is 2.09. The monoisotopic (exact) mass is 280 g/mol. The second kappa shape index (κ2) is 8.11. The van der Waals surface area contributed by atoms with Crippen LogP contribution in [0.3, 0.4) is 0 Å². The molecule has 1 amide bonds. The van der Waals surface area contributed by atoms with Gasteiger partial charge in [-0.1, -0.05) is 19.4 Å². The summed E-state index contributed by atoms with van der Waals surface area (Å²) >= 11 is 0. The van der Waals surface area contributed by atoms with Crippen molar-refractivity contribution in [2.75, 3.05) is 18.0 Å². The Labute approximate surface area is 116 Å². The maximum atomic E-state index is 11.8. The van der Waals surface area contributed by atoms with Crippen molar-refractivity contribution in [2.45, 2.75) is 25.7 Å². The quantitative estimate of drug-likeness (QED) is 0.463. The Hall–Kier alpha value is -2.15. The number of carbonyl (C=O) groups excluding carboxylic acids is 1. The molecule has 0 radical (unpaired) electrons. The van der Waals surface area contributed by atoms with Crippen LogP contribution in [0.1, 0.15) is 25.7 Å². The van der Waals surface area contributed by atoms with Crippen LogP contribution in [0.4, 0.5) is 5.69 Å². The molecule has 0 saturated carbocycles. The Bertz CT molecular complexity index is 561. The lowest BCUT2D eigenvalue weighted by molar-refractivity contribution is -0.114. The van der Waals surface area contributed by atoms with Crippen LogP contribution in [0.2, 0.25) is 0 Å². The summed E-state index contributed by atoms with van der Waals surface area (Å²) in [5.41, 5.74) is 4.33. The van der Waals surface area contributed by atoms with Crippen molar-refractivity contribution in [3.05, 3.63) is 39.7 Å². The average molecular weight is 280 g/mol. The van der Waals surface area contributed by atoms with E-state index in [1.54, 1.807) is 0 Å². The van der Waals surface area contributed by atoms with E-state index in [0.29, 0.717) is 13.1 Å². The van der Waals surface area contributed by atoms with Crippen LogP contribution >= 0.6 is 0 Å². The van der Waals surface area contributed by atoms with E-state index in [1.165, 1.54) is 11.1 Å². The molecule has 0 aliphatic rings. The maximum absolute atomic E-state index is 11.8. The number of amides is 1. The lowest BCUT2D eigenvalue weighted by Gasteiger charge is -2.19. The summed E-state index contributed by atoms with van der Waals surface area (Å²) < 4.78 is 0. The number of nitrogens with zero attached hydrogens (tertiary/aromatic N) is 1. The number of hydrogen-bond acceptors (Lipinski definition) is 4. The fourth-order valence-electron chi connectivity index (χ4n) is 1.83. The number of aromatic amines is 2. The molecule has 7 heteroatoms. The first-order chi connectivity index (χ1) is 9.60. The zero-order valence-corrected chi connectivity index (χ0v) is 11.4. The number of carbonyl (C=O) groups is 1. The van der Waals surface area contributed by atoms with Crippen LogP contribution < -0.4 is 21.9 Å². The number of aromatic nitrogens is 2. The number of anilines is 1. The second-order valence-electron chi connectivity index (χ2n) is 4.35. The van der Waals surface area contributed by atoms with Crippen LogP contribution in [0.25, 0.3) is 0 Å². The van der Waals surface area contributed by atoms with E-state index in [0.717, 1.165) is 31.8 Å². The summed E-state index contributed by atoms with van der Waals surface area (Å²) in [6.45, 7) is 4.46. The summed E-state index contributed by atoms with van der Waals surface area (Å²) in [7, 11) is 0. The predicted octanol–water partition coefficient (Wildman–Crippen LogP) is 0.101. The van der Waals surface area contributed by atoms with Crippen molar-refractivity contribution in [3.63, 3.8) is 0 Å². The molecule has 1 rings (SSSR count). The fraction of sp³-hybridized carbons (Fsp3) is 0.462. The lowest BCUT2D eigenvalue weighted by Crippen LogP contribution is -2.37. The number of nitrogens with one attached hydrogen (secondary N) is 2. The molecule has 7 nitrogen and oxygen atoms in total. The van der Waals surface area contributed by atoms with Gasteiger partial charge in [0.25, 0.3) is 11.5 Å². The van der Waals surface area contributed by atoms with Gasteiger partial charge < -0.3 is 15.6 Å². The van der Waals surface area contributed by atoms with E-state index < -0.39 is 11.2 Å². The zero-order valence-electron chi connectivity index (χ0n) is 11.4. The van der Waals surface area contributed by atoms with Gasteiger partial charge in [0.15, 0.2) is 0 Å². The van der Waals surface area contributed by atoms with Crippen LogP contribution in [0, 0.1) is 0 Å². The van der Waals surface area contributed by atoms with E-state index in [2.05, 4.69) is 16.5 Å². The van der Waals surface area contributed by atoms with Crippen molar-refractivity contribution in [3.8, 4) is 0 Å². The Morgan fingerprint density at radius 3 is 2.60 bits per heavy atom. The minimum Gasteiger partial charge on any atom is -0.330 e. The molecule has 1 aromatic rings. The molecule has 0 aliphatic heterocycles. The van der Waals surface area contributed by atoms with Crippen LogP contribution in [-0.4, -0.2) is 29.0 Å². The molecular formula is C13H20N4O3. The molecule has 1 aromatic heterocycles. The molecular weight excluding hydrogens is 260 g/mol. The molecule has 0 fully saturated rings. The third kappa shape index (κ3) is 4.51. The van der Waals surface area contributed by atoms with E-state index in [1.807, 2.05) is 0 Å². The van der Waals surface area contributed by atoms with Gasteiger partial charge in [-0.05, 0) is 25.5 Å². The molecule has 0 aliphatic carbocycles. The van der Waals surface area contributed by atoms with Crippen LogP contribution in [-0.2, 0) is 4.79 Å².